The fraction of sp³-hybridized carbons (Fsp3) is 0.235. The number of halogens is 1. The Morgan fingerprint density at radius 3 is 2.64 bits per heavy atom. The van der Waals surface area contributed by atoms with Crippen molar-refractivity contribution in [1.29, 1.82) is 0 Å². The molecule has 114 valence electrons. The van der Waals surface area contributed by atoms with Gasteiger partial charge in [-0.15, -0.1) is 0 Å². The molecule has 5 heteroatoms. The highest BCUT2D eigenvalue weighted by molar-refractivity contribution is 5.45. The number of aromatic nitrogens is 2. The van der Waals surface area contributed by atoms with Gasteiger partial charge in [0.2, 0.25) is 0 Å². The molecule has 0 atom stereocenters. The number of nitrogens with zero attached hydrogens (tertiary/aromatic N) is 2. The van der Waals surface area contributed by atoms with Crippen LogP contribution in [-0.2, 0) is 12.8 Å². The summed E-state index contributed by atoms with van der Waals surface area (Å²) in [4.78, 5) is 4.62. The summed E-state index contributed by atoms with van der Waals surface area (Å²) in [5.74, 6) is 0.544. The Balaban J connectivity index is 1.99. The Bertz CT molecular complexity index is 780. The number of pyridine rings is 1. The predicted molar refractivity (Wildman–Crippen MR) is 83.7 cm³/mol. The average molecular weight is 299 g/mol. The Morgan fingerprint density at radius 1 is 1.18 bits per heavy atom. The van der Waals surface area contributed by atoms with Crippen molar-refractivity contribution in [2.75, 3.05) is 13.7 Å². The Labute approximate surface area is 128 Å². The number of nitrogens with two attached hydrogens (primary N) is 1. The first-order valence-electron chi connectivity index (χ1n) is 7.19. The topological polar surface area (TPSA) is 52.5 Å². The zero-order valence-corrected chi connectivity index (χ0v) is 12.4. The molecule has 0 aliphatic carbocycles. The van der Waals surface area contributed by atoms with Crippen molar-refractivity contribution in [1.82, 2.24) is 9.38 Å². The summed E-state index contributed by atoms with van der Waals surface area (Å²) < 4.78 is 20.4. The lowest BCUT2D eigenvalue weighted by Gasteiger charge is -2.05. The number of fused-ring (bicyclic) bond motifs is 1. The maximum atomic E-state index is 13.5. The van der Waals surface area contributed by atoms with Crippen LogP contribution in [0, 0.1) is 5.82 Å². The highest BCUT2D eigenvalue weighted by Gasteiger charge is 2.12. The van der Waals surface area contributed by atoms with Gasteiger partial charge in [0.1, 0.15) is 17.2 Å². The molecular formula is C17H18FN3O. The summed E-state index contributed by atoms with van der Waals surface area (Å²) in [6.07, 6.45) is 2.81. The number of hydrogen-bond donors (Lipinski definition) is 1. The first-order chi connectivity index (χ1) is 10.7. The predicted octanol–water partition coefficient (Wildman–Crippen LogP) is 2.57. The summed E-state index contributed by atoms with van der Waals surface area (Å²) in [5, 5.41) is 0. The number of imidazole rings is 1. The lowest BCUT2D eigenvalue weighted by atomic mass is 10.1. The van der Waals surface area contributed by atoms with E-state index in [0.717, 1.165) is 28.3 Å². The zero-order chi connectivity index (χ0) is 15.5. The molecule has 0 spiro atoms. The van der Waals surface area contributed by atoms with Gasteiger partial charge in [0.05, 0.1) is 12.8 Å². The van der Waals surface area contributed by atoms with Gasteiger partial charge in [-0.2, -0.15) is 0 Å². The fourth-order valence-corrected chi connectivity index (χ4v) is 2.60. The molecule has 0 aliphatic heterocycles. The van der Waals surface area contributed by atoms with E-state index in [-0.39, 0.29) is 5.82 Å². The molecule has 0 aliphatic rings. The van der Waals surface area contributed by atoms with E-state index in [9.17, 15) is 4.39 Å². The van der Waals surface area contributed by atoms with Gasteiger partial charge in [-0.3, -0.25) is 0 Å². The number of benzene rings is 1. The van der Waals surface area contributed by atoms with Crippen LogP contribution in [0.1, 0.15) is 17.0 Å². The Kier molecular flexibility index (Phi) is 4.06. The summed E-state index contributed by atoms with van der Waals surface area (Å²) in [5.41, 5.74) is 9.47. The van der Waals surface area contributed by atoms with Crippen molar-refractivity contribution in [3.05, 3.63) is 65.4 Å². The van der Waals surface area contributed by atoms with E-state index in [1.165, 1.54) is 12.3 Å². The molecule has 2 heterocycles. The number of methoxy groups -OCH3 is 1. The maximum absolute atomic E-state index is 13.5. The van der Waals surface area contributed by atoms with Crippen molar-refractivity contribution in [2.24, 2.45) is 5.73 Å². The highest BCUT2D eigenvalue weighted by atomic mass is 19.1. The molecule has 0 unspecified atom stereocenters. The average Bonchev–Trinajstić information content (AvgIpc) is 2.86. The quantitative estimate of drug-likeness (QED) is 0.788. The molecule has 0 saturated heterocycles. The first-order valence-corrected chi connectivity index (χ1v) is 7.19. The van der Waals surface area contributed by atoms with E-state index in [1.54, 1.807) is 17.6 Å². The molecular weight excluding hydrogens is 281 g/mol. The van der Waals surface area contributed by atoms with Gasteiger partial charge in [0.25, 0.3) is 0 Å². The van der Waals surface area contributed by atoms with E-state index < -0.39 is 0 Å². The minimum absolute atomic E-state index is 0.279. The van der Waals surface area contributed by atoms with Crippen molar-refractivity contribution in [2.45, 2.75) is 12.8 Å². The molecule has 2 aromatic heterocycles. The molecule has 0 bridgehead atoms. The normalized spacial score (nSPS) is 11.0. The summed E-state index contributed by atoms with van der Waals surface area (Å²) in [6, 6.07) is 11.0. The second kappa shape index (κ2) is 6.15. The minimum atomic E-state index is -0.279. The van der Waals surface area contributed by atoms with Gasteiger partial charge in [-0.25, -0.2) is 9.37 Å². The largest absolute Gasteiger partial charge is 0.497 e. The Morgan fingerprint density at radius 2 is 1.95 bits per heavy atom. The Hall–Kier alpha value is -2.40. The zero-order valence-electron chi connectivity index (χ0n) is 12.4. The molecule has 0 radical (unpaired) electrons. The molecule has 2 N–H and O–H groups in total. The lowest BCUT2D eigenvalue weighted by molar-refractivity contribution is 0.414. The number of rotatable bonds is 5. The lowest BCUT2D eigenvalue weighted by Crippen LogP contribution is -2.07. The van der Waals surface area contributed by atoms with Crippen molar-refractivity contribution < 1.29 is 9.13 Å². The van der Waals surface area contributed by atoms with Gasteiger partial charge < -0.3 is 14.9 Å². The van der Waals surface area contributed by atoms with Crippen LogP contribution in [0.5, 0.6) is 5.75 Å². The van der Waals surface area contributed by atoms with Gasteiger partial charge in [0.15, 0.2) is 0 Å². The SMILES string of the molecule is COc1ccc(Cc2nc3ccc(F)cn3c2CCN)cc1. The van der Waals surface area contributed by atoms with Crippen LogP contribution in [0.25, 0.3) is 5.65 Å². The van der Waals surface area contributed by atoms with Crippen LogP contribution < -0.4 is 10.5 Å². The van der Waals surface area contributed by atoms with E-state index in [1.807, 2.05) is 24.3 Å². The molecule has 1 aromatic carbocycles. The number of hydrogen-bond acceptors (Lipinski definition) is 3. The van der Waals surface area contributed by atoms with E-state index in [2.05, 4.69) is 4.98 Å². The van der Waals surface area contributed by atoms with Crippen molar-refractivity contribution in [3.8, 4) is 5.75 Å². The van der Waals surface area contributed by atoms with Crippen LogP contribution in [0.2, 0.25) is 0 Å². The summed E-state index contributed by atoms with van der Waals surface area (Å²) in [6.45, 7) is 0.500. The second-order valence-electron chi connectivity index (χ2n) is 5.14. The molecule has 0 fully saturated rings. The second-order valence-corrected chi connectivity index (χ2v) is 5.14. The molecule has 22 heavy (non-hydrogen) atoms. The molecule has 3 aromatic rings. The third-order valence-corrected chi connectivity index (χ3v) is 3.68. The maximum Gasteiger partial charge on any atom is 0.139 e. The van der Waals surface area contributed by atoms with Gasteiger partial charge in [-0.1, -0.05) is 12.1 Å². The van der Waals surface area contributed by atoms with Crippen molar-refractivity contribution >= 4 is 5.65 Å². The molecule has 4 nitrogen and oxygen atoms in total. The molecule has 0 amide bonds. The monoisotopic (exact) mass is 299 g/mol. The van der Waals surface area contributed by atoms with Crippen LogP contribution in [-0.4, -0.2) is 23.0 Å². The van der Waals surface area contributed by atoms with E-state index in [0.29, 0.717) is 19.4 Å². The smallest absolute Gasteiger partial charge is 0.139 e. The summed E-state index contributed by atoms with van der Waals surface area (Å²) in [7, 11) is 1.64. The molecule has 0 saturated carbocycles. The van der Waals surface area contributed by atoms with Crippen LogP contribution in [0.4, 0.5) is 4.39 Å². The van der Waals surface area contributed by atoms with Gasteiger partial charge in [0, 0.05) is 24.7 Å². The van der Waals surface area contributed by atoms with E-state index in [4.69, 9.17) is 10.5 Å². The minimum Gasteiger partial charge on any atom is -0.497 e. The van der Waals surface area contributed by atoms with Crippen LogP contribution in [0.3, 0.4) is 0 Å². The third-order valence-electron chi connectivity index (χ3n) is 3.68. The van der Waals surface area contributed by atoms with Crippen LogP contribution >= 0.6 is 0 Å². The standard InChI is InChI=1S/C17H18FN3O/c1-22-14-5-2-12(3-6-14)10-15-16(8-9-19)21-11-13(18)4-7-17(21)20-15/h2-7,11H,8-10,19H2,1H3. The number of ether oxygens (including phenoxy) is 1. The van der Waals surface area contributed by atoms with E-state index >= 15 is 0 Å². The third kappa shape index (κ3) is 2.80. The first kappa shape index (κ1) is 14.5. The van der Waals surface area contributed by atoms with Gasteiger partial charge in [-0.05, 0) is 36.4 Å². The highest BCUT2D eigenvalue weighted by Crippen LogP contribution is 2.19. The van der Waals surface area contributed by atoms with Crippen LogP contribution in [0.15, 0.2) is 42.6 Å². The van der Waals surface area contributed by atoms with Gasteiger partial charge >= 0.3 is 0 Å². The fourth-order valence-electron chi connectivity index (χ4n) is 2.60. The molecule has 3 rings (SSSR count). The van der Waals surface area contributed by atoms with Crippen molar-refractivity contribution in [3.63, 3.8) is 0 Å². The summed E-state index contributed by atoms with van der Waals surface area (Å²) >= 11 is 0.